The molecule has 2 nitrogen and oxygen atoms in total. The zero-order chi connectivity index (χ0) is 14.1. The summed E-state index contributed by atoms with van der Waals surface area (Å²) in [6.07, 6.45) is 0.558. The highest BCUT2D eigenvalue weighted by atomic mass is 19.1. The highest BCUT2D eigenvalue weighted by Gasteiger charge is 2.29. The normalized spacial score (nSPS) is 21.1. The van der Waals surface area contributed by atoms with E-state index < -0.39 is 6.10 Å². The van der Waals surface area contributed by atoms with E-state index in [1.54, 1.807) is 6.07 Å². The van der Waals surface area contributed by atoms with Crippen molar-refractivity contribution in [3.8, 4) is 5.75 Å². The van der Waals surface area contributed by atoms with E-state index in [0.717, 1.165) is 12.0 Å². The quantitative estimate of drug-likeness (QED) is 0.897. The molecule has 0 saturated heterocycles. The molecule has 1 aliphatic rings. The summed E-state index contributed by atoms with van der Waals surface area (Å²) in [6, 6.07) is 12.3. The monoisotopic (exact) mass is 272 g/mol. The molecule has 3 heteroatoms. The molecule has 2 aromatic rings. The van der Waals surface area contributed by atoms with Gasteiger partial charge in [0.15, 0.2) is 0 Å². The average molecular weight is 272 g/mol. The average Bonchev–Trinajstić information content (AvgIpc) is 2.46. The lowest BCUT2D eigenvalue weighted by Crippen LogP contribution is -2.20. The number of aryl methyl sites for hydroxylation is 1. The van der Waals surface area contributed by atoms with Gasteiger partial charge in [-0.15, -0.1) is 0 Å². The Bertz CT molecular complexity index is 624. The fourth-order valence-electron chi connectivity index (χ4n) is 2.78. The van der Waals surface area contributed by atoms with E-state index in [9.17, 15) is 9.50 Å². The van der Waals surface area contributed by atoms with E-state index in [-0.39, 0.29) is 11.9 Å². The summed E-state index contributed by atoms with van der Waals surface area (Å²) in [7, 11) is 0. The fraction of sp³-hybridized carbons (Fsp3) is 0.294. The minimum atomic E-state index is -0.616. The summed E-state index contributed by atoms with van der Waals surface area (Å²) in [5.41, 5.74) is 2.94. The van der Waals surface area contributed by atoms with Crippen molar-refractivity contribution in [2.75, 3.05) is 0 Å². The van der Waals surface area contributed by atoms with Gasteiger partial charge in [0.1, 0.15) is 17.7 Å². The SMILES string of the molecule is CCc1ccccc1C1CC(O)c2ccc(F)cc2O1. The second kappa shape index (κ2) is 5.25. The van der Waals surface area contributed by atoms with Gasteiger partial charge >= 0.3 is 0 Å². The summed E-state index contributed by atoms with van der Waals surface area (Å²) >= 11 is 0. The van der Waals surface area contributed by atoms with Crippen LogP contribution in [-0.4, -0.2) is 5.11 Å². The van der Waals surface area contributed by atoms with Crippen LogP contribution in [0, 0.1) is 5.82 Å². The van der Waals surface area contributed by atoms with Gasteiger partial charge < -0.3 is 9.84 Å². The van der Waals surface area contributed by atoms with Gasteiger partial charge in [0, 0.05) is 18.1 Å². The lowest BCUT2D eigenvalue weighted by Gasteiger charge is -2.31. The first kappa shape index (κ1) is 13.1. The van der Waals surface area contributed by atoms with Crippen molar-refractivity contribution in [2.24, 2.45) is 0 Å². The van der Waals surface area contributed by atoms with Crippen molar-refractivity contribution in [3.05, 3.63) is 65.0 Å². The molecule has 1 aliphatic heterocycles. The molecule has 1 heterocycles. The Morgan fingerprint density at radius 2 is 2.00 bits per heavy atom. The van der Waals surface area contributed by atoms with E-state index in [1.165, 1.54) is 17.7 Å². The molecule has 2 atom stereocenters. The Kier molecular flexibility index (Phi) is 3.45. The van der Waals surface area contributed by atoms with Crippen molar-refractivity contribution >= 4 is 0 Å². The van der Waals surface area contributed by atoms with Gasteiger partial charge in [0.25, 0.3) is 0 Å². The second-order valence-corrected chi connectivity index (χ2v) is 5.09. The number of benzene rings is 2. The number of hydrogen-bond donors (Lipinski definition) is 1. The maximum Gasteiger partial charge on any atom is 0.128 e. The van der Waals surface area contributed by atoms with Gasteiger partial charge in [-0.1, -0.05) is 31.2 Å². The van der Waals surface area contributed by atoms with Gasteiger partial charge in [0.2, 0.25) is 0 Å². The van der Waals surface area contributed by atoms with Crippen LogP contribution in [0.4, 0.5) is 4.39 Å². The maximum absolute atomic E-state index is 13.3. The molecule has 0 saturated carbocycles. The minimum absolute atomic E-state index is 0.226. The summed E-state index contributed by atoms with van der Waals surface area (Å²) in [5.74, 6) is 0.0973. The lowest BCUT2D eigenvalue weighted by molar-refractivity contribution is 0.0650. The molecule has 0 aliphatic carbocycles. The third-order valence-corrected chi connectivity index (χ3v) is 3.82. The molecule has 3 rings (SSSR count). The molecule has 0 bridgehead atoms. The fourth-order valence-corrected chi connectivity index (χ4v) is 2.78. The first-order chi connectivity index (χ1) is 9.69. The van der Waals surface area contributed by atoms with Crippen molar-refractivity contribution < 1.29 is 14.2 Å². The van der Waals surface area contributed by atoms with Gasteiger partial charge in [-0.2, -0.15) is 0 Å². The van der Waals surface area contributed by atoms with E-state index in [2.05, 4.69) is 13.0 Å². The van der Waals surface area contributed by atoms with Crippen molar-refractivity contribution in [1.82, 2.24) is 0 Å². The van der Waals surface area contributed by atoms with Crippen molar-refractivity contribution in [2.45, 2.75) is 32.0 Å². The molecule has 2 aromatic carbocycles. The molecular weight excluding hydrogens is 255 g/mol. The Hall–Kier alpha value is -1.87. The second-order valence-electron chi connectivity index (χ2n) is 5.09. The Balaban J connectivity index is 1.98. The Labute approximate surface area is 117 Å². The summed E-state index contributed by atoms with van der Waals surface area (Å²) in [5, 5.41) is 10.2. The molecule has 0 spiro atoms. The maximum atomic E-state index is 13.3. The van der Waals surface area contributed by atoms with Gasteiger partial charge in [-0.05, 0) is 29.7 Å². The summed E-state index contributed by atoms with van der Waals surface area (Å²) in [4.78, 5) is 0. The van der Waals surface area contributed by atoms with Crippen molar-refractivity contribution in [1.29, 1.82) is 0 Å². The van der Waals surface area contributed by atoms with Crippen LogP contribution < -0.4 is 4.74 Å². The molecule has 1 N–H and O–H groups in total. The third-order valence-electron chi connectivity index (χ3n) is 3.82. The van der Waals surface area contributed by atoms with Gasteiger partial charge in [-0.3, -0.25) is 0 Å². The van der Waals surface area contributed by atoms with Gasteiger partial charge in [-0.25, -0.2) is 4.39 Å². The highest BCUT2D eigenvalue weighted by Crippen LogP contribution is 2.41. The molecule has 104 valence electrons. The molecule has 0 fully saturated rings. The summed E-state index contributed by atoms with van der Waals surface area (Å²) in [6.45, 7) is 2.09. The summed E-state index contributed by atoms with van der Waals surface area (Å²) < 4.78 is 19.2. The molecular formula is C17H17FO2. The molecule has 0 aromatic heterocycles. The zero-order valence-electron chi connectivity index (χ0n) is 11.3. The number of aliphatic hydroxyl groups excluding tert-OH is 1. The number of hydrogen-bond acceptors (Lipinski definition) is 2. The van der Waals surface area contributed by atoms with Crippen LogP contribution in [0.1, 0.15) is 42.2 Å². The first-order valence-electron chi connectivity index (χ1n) is 6.91. The number of aliphatic hydroxyl groups is 1. The van der Waals surface area contributed by atoms with Gasteiger partial charge in [0.05, 0.1) is 6.10 Å². The van der Waals surface area contributed by atoms with Crippen LogP contribution in [0.5, 0.6) is 5.75 Å². The molecule has 0 radical (unpaired) electrons. The Morgan fingerprint density at radius 3 is 2.80 bits per heavy atom. The van der Waals surface area contributed by atoms with Crippen LogP contribution in [0.15, 0.2) is 42.5 Å². The number of rotatable bonds is 2. The zero-order valence-corrected chi connectivity index (χ0v) is 11.3. The smallest absolute Gasteiger partial charge is 0.128 e. The van der Waals surface area contributed by atoms with E-state index in [0.29, 0.717) is 17.7 Å². The van der Waals surface area contributed by atoms with E-state index >= 15 is 0 Å². The van der Waals surface area contributed by atoms with E-state index in [4.69, 9.17) is 4.74 Å². The minimum Gasteiger partial charge on any atom is -0.485 e. The van der Waals surface area contributed by atoms with Crippen LogP contribution >= 0.6 is 0 Å². The highest BCUT2D eigenvalue weighted by molar-refractivity contribution is 5.40. The van der Waals surface area contributed by atoms with Crippen molar-refractivity contribution in [3.63, 3.8) is 0 Å². The molecule has 20 heavy (non-hydrogen) atoms. The van der Waals surface area contributed by atoms with Crippen LogP contribution in [0.3, 0.4) is 0 Å². The third kappa shape index (κ3) is 2.29. The molecule has 0 amide bonds. The van der Waals surface area contributed by atoms with Crippen LogP contribution in [0.25, 0.3) is 0 Å². The number of halogens is 1. The van der Waals surface area contributed by atoms with Crippen LogP contribution in [-0.2, 0) is 6.42 Å². The standard InChI is InChI=1S/C17H17FO2/c1-2-11-5-3-4-6-13(11)17-10-15(19)14-8-7-12(18)9-16(14)20-17/h3-9,15,17,19H,2,10H2,1H3. The first-order valence-corrected chi connectivity index (χ1v) is 6.91. The lowest BCUT2D eigenvalue weighted by atomic mass is 9.92. The largest absolute Gasteiger partial charge is 0.485 e. The number of fused-ring (bicyclic) bond motifs is 1. The Morgan fingerprint density at radius 1 is 1.20 bits per heavy atom. The number of ether oxygens (including phenoxy) is 1. The topological polar surface area (TPSA) is 29.5 Å². The van der Waals surface area contributed by atoms with E-state index in [1.807, 2.05) is 18.2 Å². The van der Waals surface area contributed by atoms with Crippen LogP contribution in [0.2, 0.25) is 0 Å². The predicted molar refractivity (Wildman–Crippen MR) is 75.2 cm³/mol. The molecule has 2 unspecified atom stereocenters. The predicted octanol–water partition coefficient (Wildman–Crippen LogP) is 3.95.